The van der Waals surface area contributed by atoms with Crippen LogP contribution in [0.3, 0.4) is 0 Å². The molecule has 6 heteroatoms. The molecule has 0 unspecified atom stereocenters. The highest BCUT2D eigenvalue weighted by Crippen LogP contribution is 2.50. The van der Waals surface area contributed by atoms with Crippen molar-refractivity contribution < 1.29 is 9.84 Å². The second-order valence-corrected chi connectivity index (χ2v) is 10.5. The van der Waals surface area contributed by atoms with Crippen molar-refractivity contribution in [1.29, 1.82) is 0 Å². The van der Waals surface area contributed by atoms with Crippen LogP contribution < -0.4 is 4.74 Å². The van der Waals surface area contributed by atoms with Gasteiger partial charge in [-0.15, -0.1) is 0 Å². The standard InChI is InChI=1S/C27H34N4O2/c1-18(2)19-7-9-21(10-8-19)27(32,26(3)16-31(4)17-26)22-11-24(14-28-13-22)33-15-23-12-25(30-29-23)20-5-6-20/h7-14,18,20,32H,5-6,15-17H2,1-4H3,(H,29,30)/t27-/m0/s1. The van der Waals surface area contributed by atoms with Crippen LogP contribution in [0.2, 0.25) is 0 Å². The summed E-state index contributed by atoms with van der Waals surface area (Å²) in [4.78, 5) is 6.68. The number of rotatable bonds is 8. The van der Waals surface area contributed by atoms with Crippen molar-refractivity contribution in [2.24, 2.45) is 5.41 Å². The van der Waals surface area contributed by atoms with E-state index in [2.05, 4.69) is 78.2 Å². The largest absolute Gasteiger partial charge is 0.486 e. The number of likely N-dealkylation sites (tertiary alicyclic amines) is 1. The third-order valence-electron chi connectivity index (χ3n) is 7.28. The Morgan fingerprint density at radius 3 is 2.52 bits per heavy atom. The predicted molar refractivity (Wildman–Crippen MR) is 128 cm³/mol. The van der Waals surface area contributed by atoms with Crippen LogP contribution in [-0.4, -0.2) is 45.3 Å². The minimum atomic E-state index is -1.17. The topological polar surface area (TPSA) is 74.3 Å². The van der Waals surface area contributed by atoms with Crippen molar-refractivity contribution in [3.05, 3.63) is 76.9 Å². The van der Waals surface area contributed by atoms with E-state index in [-0.39, 0.29) is 5.41 Å². The van der Waals surface area contributed by atoms with E-state index in [4.69, 9.17) is 4.74 Å². The van der Waals surface area contributed by atoms with Crippen molar-refractivity contribution in [3.63, 3.8) is 0 Å². The van der Waals surface area contributed by atoms with Crippen molar-refractivity contribution >= 4 is 0 Å². The number of benzene rings is 1. The van der Waals surface area contributed by atoms with Crippen LogP contribution >= 0.6 is 0 Å². The fourth-order valence-electron chi connectivity index (χ4n) is 5.25. The Balaban J connectivity index is 1.43. The van der Waals surface area contributed by atoms with Gasteiger partial charge in [-0.3, -0.25) is 10.1 Å². The third-order valence-corrected chi connectivity index (χ3v) is 7.28. The number of pyridine rings is 1. The predicted octanol–water partition coefficient (Wildman–Crippen LogP) is 4.57. The first-order valence-electron chi connectivity index (χ1n) is 11.9. The van der Waals surface area contributed by atoms with Gasteiger partial charge < -0.3 is 14.7 Å². The molecule has 33 heavy (non-hydrogen) atoms. The lowest BCUT2D eigenvalue weighted by atomic mass is 9.62. The van der Waals surface area contributed by atoms with Crippen LogP contribution in [0.1, 0.15) is 73.5 Å². The van der Waals surface area contributed by atoms with Crippen molar-refractivity contribution in [1.82, 2.24) is 20.1 Å². The van der Waals surface area contributed by atoms with E-state index in [1.54, 1.807) is 12.4 Å². The number of aromatic nitrogens is 3. The molecule has 0 amide bonds. The summed E-state index contributed by atoms with van der Waals surface area (Å²) >= 11 is 0. The van der Waals surface area contributed by atoms with Crippen LogP contribution in [-0.2, 0) is 12.2 Å². The first kappa shape index (κ1) is 22.1. The lowest BCUT2D eigenvalue weighted by Crippen LogP contribution is -2.63. The summed E-state index contributed by atoms with van der Waals surface area (Å²) < 4.78 is 6.06. The van der Waals surface area contributed by atoms with Crippen LogP contribution in [0.15, 0.2) is 48.8 Å². The van der Waals surface area contributed by atoms with E-state index in [1.807, 2.05) is 6.07 Å². The number of nitrogens with one attached hydrogen (secondary N) is 1. The molecule has 1 saturated heterocycles. The zero-order valence-corrected chi connectivity index (χ0v) is 20.0. The fraction of sp³-hybridized carbons (Fsp3) is 0.481. The molecule has 2 aromatic heterocycles. The molecule has 6 nitrogen and oxygen atoms in total. The molecular formula is C27H34N4O2. The van der Waals surface area contributed by atoms with Crippen LogP contribution in [0.4, 0.5) is 0 Å². The van der Waals surface area contributed by atoms with Gasteiger partial charge in [-0.05, 0) is 49.1 Å². The number of H-pyrrole nitrogens is 1. The smallest absolute Gasteiger partial charge is 0.138 e. The molecule has 3 heterocycles. The maximum absolute atomic E-state index is 12.3. The molecule has 1 aliphatic carbocycles. The van der Waals surface area contributed by atoms with E-state index in [9.17, 15) is 5.11 Å². The molecular weight excluding hydrogens is 412 g/mol. The minimum Gasteiger partial charge on any atom is -0.486 e. The van der Waals surface area contributed by atoms with Crippen molar-refractivity contribution in [2.45, 2.75) is 57.7 Å². The molecule has 2 fully saturated rings. The molecule has 1 aromatic carbocycles. The second kappa shape index (κ2) is 8.26. The number of ether oxygens (including phenoxy) is 1. The summed E-state index contributed by atoms with van der Waals surface area (Å²) in [5, 5.41) is 19.8. The summed E-state index contributed by atoms with van der Waals surface area (Å²) in [7, 11) is 2.09. The number of hydrogen-bond acceptors (Lipinski definition) is 5. The van der Waals surface area contributed by atoms with Gasteiger partial charge in [0.2, 0.25) is 0 Å². The summed E-state index contributed by atoms with van der Waals surface area (Å²) in [6.07, 6.45) is 5.93. The number of hydrogen-bond donors (Lipinski definition) is 2. The first-order valence-corrected chi connectivity index (χ1v) is 11.9. The lowest BCUT2D eigenvalue weighted by Gasteiger charge is -2.55. The van der Waals surface area contributed by atoms with Gasteiger partial charge in [0.15, 0.2) is 0 Å². The highest BCUT2D eigenvalue weighted by Gasteiger charge is 2.55. The van der Waals surface area contributed by atoms with Gasteiger partial charge in [0.1, 0.15) is 18.0 Å². The normalized spacial score (nSPS) is 19.8. The summed E-state index contributed by atoms with van der Waals surface area (Å²) in [5.74, 6) is 1.70. The summed E-state index contributed by atoms with van der Waals surface area (Å²) in [6, 6.07) is 12.4. The van der Waals surface area contributed by atoms with Gasteiger partial charge in [0.05, 0.1) is 17.6 Å². The van der Waals surface area contributed by atoms with Crippen LogP contribution in [0.5, 0.6) is 5.75 Å². The molecule has 1 aliphatic heterocycles. The number of nitrogens with zero attached hydrogens (tertiary/aromatic N) is 3. The highest BCUT2D eigenvalue weighted by molar-refractivity contribution is 5.43. The summed E-state index contributed by atoms with van der Waals surface area (Å²) in [5.41, 5.74) is 3.49. The molecule has 1 atom stereocenters. The van der Waals surface area contributed by atoms with E-state index in [0.29, 0.717) is 24.2 Å². The lowest BCUT2D eigenvalue weighted by molar-refractivity contribution is -0.127. The maximum atomic E-state index is 12.3. The van der Waals surface area contributed by atoms with E-state index >= 15 is 0 Å². The van der Waals surface area contributed by atoms with Gasteiger partial charge in [-0.25, -0.2) is 0 Å². The van der Waals surface area contributed by atoms with Gasteiger partial charge in [-0.1, -0.05) is 45.0 Å². The highest BCUT2D eigenvalue weighted by atomic mass is 16.5. The quantitative estimate of drug-likeness (QED) is 0.530. The second-order valence-electron chi connectivity index (χ2n) is 10.5. The Hall–Kier alpha value is -2.70. The van der Waals surface area contributed by atoms with Gasteiger partial charge >= 0.3 is 0 Å². The van der Waals surface area contributed by atoms with E-state index in [1.165, 1.54) is 18.4 Å². The Bertz CT molecular complexity index is 1110. The molecule has 3 aromatic rings. The molecule has 0 radical (unpaired) electrons. The first-order chi connectivity index (χ1) is 15.8. The molecule has 0 bridgehead atoms. The Morgan fingerprint density at radius 1 is 1.15 bits per heavy atom. The van der Waals surface area contributed by atoms with Crippen LogP contribution in [0, 0.1) is 5.41 Å². The summed E-state index contributed by atoms with van der Waals surface area (Å²) in [6.45, 7) is 8.52. The Kier molecular flexibility index (Phi) is 5.53. The van der Waals surface area contributed by atoms with Gasteiger partial charge in [-0.2, -0.15) is 5.10 Å². The molecule has 2 aliphatic rings. The van der Waals surface area contributed by atoms with Gasteiger partial charge in [0, 0.05) is 36.2 Å². The maximum Gasteiger partial charge on any atom is 0.138 e. The van der Waals surface area contributed by atoms with E-state index in [0.717, 1.165) is 35.6 Å². The zero-order valence-electron chi connectivity index (χ0n) is 20.0. The number of aliphatic hydroxyl groups is 1. The number of aromatic amines is 1. The molecule has 1 saturated carbocycles. The van der Waals surface area contributed by atoms with Crippen LogP contribution in [0.25, 0.3) is 0 Å². The van der Waals surface area contributed by atoms with Crippen molar-refractivity contribution in [3.8, 4) is 5.75 Å². The Morgan fingerprint density at radius 2 is 1.88 bits per heavy atom. The monoisotopic (exact) mass is 446 g/mol. The average Bonchev–Trinajstić information content (AvgIpc) is 3.54. The molecule has 5 rings (SSSR count). The average molecular weight is 447 g/mol. The third kappa shape index (κ3) is 4.06. The molecule has 174 valence electrons. The zero-order chi connectivity index (χ0) is 23.2. The Labute approximate surface area is 196 Å². The van der Waals surface area contributed by atoms with Gasteiger partial charge in [0.25, 0.3) is 0 Å². The van der Waals surface area contributed by atoms with Crippen molar-refractivity contribution in [2.75, 3.05) is 20.1 Å². The molecule has 0 spiro atoms. The fourth-order valence-corrected chi connectivity index (χ4v) is 5.25. The SMILES string of the molecule is CC(C)c1ccc([C@](O)(c2cncc(OCc3cc(C4CC4)n[nH]3)c2)C2(C)CN(C)C2)cc1. The molecule has 2 N–H and O–H groups in total. The minimum absolute atomic E-state index is 0.329. The van der Waals surface area contributed by atoms with E-state index < -0.39 is 5.60 Å².